The lowest BCUT2D eigenvalue weighted by molar-refractivity contribution is -0.139. The van der Waals surface area contributed by atoms with Gasteiger partial charge in [-0.05, 0) is 48.6 Å². The first kappa shape index (κ1) is 16.3. The van der Waals surface area contributed by atoms with Gasteiger partial charge in [0, 0.05) is 5.56 Å². The fraction of sp³-hybridized carbons (Fsp3) is 0.462. The number of alkyl halides is 3. The van der Waals surface area contributed by atoms with Gasteiger partial charge >= 0.3 is 6.18 Å². The predicted molar refractivity (Wildman–Crippen MR) is 71.2 cm³/mol. The molecule has 1 aliphatic carbocycles. The first-order chi connectivity index (χ1) is 9.59. The van der Waals surface area contributed by atoms with Crippen LogP contribution in [0.4, 0.5) is 13.2 Å². The van der Waals surface area contributed by atoms with Crippen LogP contribution in [0, 0.1) is 0 Å². The molecule has 3 nitrogen and oxygen atoms in total. The number of halogens is 4. The molecule has 1 saturated carbocycles. The summed E-state index contributed by atoms with van der Waals surface area (Å²) in [6, 6.07) is 1.48. The highest BCUT2D eigenvalue weighted by atomic mass is 35.5. The Kier molecular flexibility index (Phi) is 4.10. The Bertz CT molecular complexity index is 691. The molecule has 0 N–H and O–H groups in total. The van der Waals surface area contributed by atoms with E-state index in [1.54, 1.807) is 6.92 Å². The van der Waals surface area contributed by atoms with E-state index in [9.17, 15) is 26.4 Å². The molecule has 0 heterocycles. The number of hydrogen-bond donors (Lipinski definition) is 0. The van der Waals surface area contributed by atoms with Gasteiger partial charge in [-0.3, -0.25) is 4.79 Å². The Labute approximate surface area is 125 Å². The highest BCUT2D eigenvalue weighted by Gasteiger charge is 2.44. The monoisotopic (exact) mass is 340 g/mol. The highest BCUT2D eigenvalue weighted by molar-refractivity contribution is 7.92. The van der Waals surface area contributed by atoms with Gasteiger partial charge in [-0.1, -0.05) is 6.92 Å². The standard InChI is InChI=1S/C13H12ClF3O3S/c1-2-7-5-11(21(19,20)8-3-4-8)10(13(15,16)17)6-9(7)12(14)18/h5-6,8H,2-4H2,1H3. The summed E-state index contributed by atoms with van der Waals surface area (Å²) in [6.07, 6.45) is -3.95. The van der Waals surface area contributed by atoms with Gasteiger partial charge in [-0.25, -0.2) is 8.42 Å². The van der Waals surface area contributed by atoms with Gasteiger partial charge in [0.2, 0.25) is 0 Å². The zero-order valence-electron chi connectivity index (χ0n) is 11.0. The Morgan fingerprint density at radius 3 is 2.29 bits per heavy atom. The van der Waals surface area contributed by atoms with Gasteiger partial charge in [0.05, 0.1) is 15.7 Å². The van der Waals surface area contributed by atoms with Gasteiger partial charge in [0.15, 0.2) is 9.84 Å². The van der Waals surface area contributed by atoms with Gasteiger partial charge in [0.1, 0.15) is 0 Å². The second-order valence-electron chi connectivity index (χ2n) is 4.87. The molecule has 0 unspecified atom stereocenters. The Balaban J connectivity index is 2.76. The molecule has 0 bridgehead atoms. The van der Waals surface area contributed by atoms with Gasteiger partial charge in [-0.15, -0.1) is 0 Å². The van der Waals surface area contributed by atoms with Crippen LogP contribution in [0.15, 0.2) is 17.0 Å². The minimum absolute atomic E-state index is 0.197. The summed E-state index contributed by atoms with van der Waals surface area (Å²) in [7, 11) is -4.03. The molecule has 21 heavy (non-hydrogen) atoms. The topological polar surface area (TPSA) is 51.2 Å². The highest BCUT2D eigenvalue weighted by Crippen LogP contribution is 2.41. The molecule has 0 amide bonds. The first-order valence-corrected chi connectivity index (χ1v) is 8.19. The van der Waals surface area contributed by atoms with Crippen molar-refractivity contribution < 1.29 is 26.4 Å². The molecule has 1 aliphatic rings. The van der Waals surface area contributed by atoms with Crippen LogP contribution < -0.4 is 0 Å². The molecular weight excluding hydrogens is 329 g/mol. The third-order valence-electron chi connectivity index (χ3n) is 3.37. The second-order valence-corrected chi connectivity index (χ2v) is 7.41. The number of carbonyl (C=O) groups is 1. The molecule has 1 fully saturated rings. The number of rotatable bonds is 4. The van der Waals surface area contributed by atoms with Gasteiger partial charge in [0.25, 0.3) is 5.24 Å². The van der Waals surface area contributed by atoms with Crippen LogP contribution in [0.5, 0.6) is 0 Å². The summed E-state index contributed by atoms with van der Waals surface area (Å²) in [5, 5.41) is -1.80. The Hall–Kier alpha value is -1.08. The lowest BCUT2D eigenvalue weighted by Crippen LogP contribution is -2.18. The van der Waals surface area contributed by atoms with E-state index in [0.717, 1.165) is 6.07 Å². The van der Waals surface area contributed by atoms with E-state index in [0.29, 0.717) is 18.9 Å². The molecular formula is C13H12ClF3O3S. The van der Waals surface area contributed by atoms with E-state index in [1.807, 2.05) is 0 Å². The van der Waals surface area contributed by atoms with E-state index in [1.165, 1.54) is 0 Å². The molecule has 0 radical (unpaired) electrons. The zero-order valence-corrected chi connectivity index (χ0v) is 12.6. The molecule has 1 aromatic rings. The summed E-state index contributed by atoms with van der Waals surface area (Å²) < 4.78 is 63.8. The molecule has 0 atom stereocenters. The van der Waals surface area contributed by atoms with Crippen LogP contribution in [0.25, 0.3) is 0 Å². The smallest absolute Gasteiger partial charge is 0.276 e. The van der Waals surface area contributed by atoms with Crippen molar-refractivity contribution in [2.24, 2.45) is 0 Å². The quantitative estimate of drug-likeness (QED) is 0.787. The molecule has 0 spiro atoms. The van der Waals surface area contributed by atoms with Crippen LogP contribution in [-0.2, 0) is 22.4 Å². The molecule has 8 heteroatoms. The van der Waals surface area contributed by atoms with E-state index in [4.69, 9.17) is 11.6 Å². The van der Waals surface area contributed by atoms with Crippen LogP contribution in [0.3, 0.4) is 0 Å². The largest absolute Gasteiger partial charge is 0.417 e. The Morgan fingerprint density at radius 1 is 1.33 bits per heavy atom. The molecule has 0 aromatic heterocycles. The lowest BCUT2D eigenvalue weighted by atomic mass is 10.0. The fourth-order valence-electron chi connectivity index (χ4n) is 2.11. The van der Waals surface area contributed by atoms with Crippen molar-refractivity contribution in [3.63, 3.8) is 0 Å². The van der Waals surface area contributed by atoms with Crippen LogP contribution in [-0.4, -0.2) is 18.9 Å². The summed E-state index contributed by atoms with van der Waals surface area (Å²) in [5.41, 5.74) is -1.43. The van der Waals surface area contributed by atoms with Crippen LogP contribution >= 0.6 is 11.6 Å². The second kappa shape index (κ2) is 5.28. The minimum Gasteiger partial charge on any atom is -0.276 e. The number of benzene rings is 1. The van der Waals surface area contributed by atoms with Crippen LogP contribution in [0.1, 0.15) is 41.3 Å². The predicted octanol–water partition coefficient (Wildman–Crippen LogP) is 3.58. The van der Waals surface area contributed by atoms with Crippen molar-refractivity contribution in [3.8, 4) is 0 Å². The maximum Gasteiger partial charge on any atom is 0.417 e. The summed E-state index contributed by atoms with van der Waals surface area (Å²) >= 11 is 5.29. The normalized spacial score (nSPS) is 16.0. The molecule has 1 aromatic carbocycles. The third-order valence-corrected chi connectivity index (χ3v) is 5.88. The molecule has 0 saturated heterocycles. The lowest BCUT2D eigenvalue weighted by Gasteiger charge is -2.16. The number of sulfone groups is 1. The van der Waals surface area contributed by atoms with E-state index in [2.05, 4.69) is 0 Å². The van der Waals surface area contributed by atoms with Crippen LogP contribution in [0.2, 0.25) is 0 Å². The molecule has 116 valence electrons. The summed E-state index contributed by atoms with van der Waals surface area (Å²) in [4.78, 5) is 10.5. The van der Waals surface area contributed by atoms with Crippen molar-refractivity contribution in [2.75, 3.05) is 0 Å². The van der Waals surface area contributed by atoms with Gasteiger partial charge < -0.3 is 0 Å². The van der Waals surface area contributed by atoms with E-state index >= 15 is 0 Å². The summed E-state index contributed by atoms with van der Waals surface area (Å²) in [6.45, 7) is 1.61. The van der Waals surface area contributed by atoms with Crippen molar-refractivity contribution in [3.05, 3.63) is 28.8 Å². The Morgan fingerprint density at radius 2 is 1.90 bits per heavy atom. The van der Waals surface area contributed by atoms with Crippen molar-refractivity contribution in [2.45, 2.75) is 42.5 Å². The SMILES string of the molecule is CCc1cc(S(=O)(=O)C2CC2)c(C(F)(F)F)cc1C(=O)Cl. The van der Waals surface area contributed by atoms with Gasteiger partial charge in [-0.2, -0.15) is 13.2 Å². The maximum atomic E-state index is 13.1. The van der Waals surface area contributed by atoms with Crippen molar-refractivity contribution in [1.82, 2.24) is 0 Å². The zero-order chi connectivity index (χ0) is 16.0. The fourth-order valence-corrected chi connectivity index (χ4v) is 4.19. The van der Waals surface area contributed by atoms with Crippen molar-refractivity contribution in [1.29, 1.82) is 0 Å². The third kappa shape index (κ3) is 3.08. The van der Waals surface area contributed by atoms with E-state index in [-0.39, 0.29) is 17.5 Å². The van der Waals surface area contributed by atoms with Crippen molar-refractivity contribution >= 4 is 26.7 Å². The maximum absolute atomic E-state index is 13.1. The molecule has 2 rings (SSSR count). The number of hydrogen-bond acceptors (Lipinski definition) is 3. The number of carbonyl (C=O) groups excluding carboxylic acids is 1. The average Bonchev–Trinajstić information content (AvgIpc) is 3.20. The average molecular weight is 341 g/mol. The molecule has 0 aliphatic heterocycles. The number of aryl methyl sites for hydroxylation is 1. The minimum atomic E-state index is -4.87. The van der Waals surface area contributed by atoms with E-state index < -0.39 is 37.0 Å². The summed E-state index contributed by atoms with van der Waals surface area (Å²) in [5.74, 6) is 0. The first-order valence-electron chi connectivity index (χ1n) is 6.27.